The lowest BCUT2D eigenvalue weighted by Gasteiger charge is -2.23. The molecule has 0 aliphatic heterocycles. The van der Waals surface area contributed by atoms with Gasteiger partial charge < -0.3 is 10.2 Å². The molecule has 2 atom stereocenters. The largest absolute Gasteiger partial charge is 0.344 e. The number of aromatic nitrogens is 1. The zero-order valence-electron chi connectivity index (χ0n) is 12.1. The van der Waals surface area contributed by atoms with E-state index in [1.165, 1.54) is 9.75 Å². The Morgan fingerprint density at radius 1 is 1.37 bits per heavy atom. The fraction of sp³-hybridized carbons (Fsp3) is 0.500. The minimum absolute atomic E-state index is 0.358. The highest BCUT2D eigenvalue weighted by atomic mass is 32.1. The molecule has 0 aliphatic rings. The summed E-state index contributed by atoms with van der Waals surface area (Å²) >= 11 is 3.58. The van der Waals surface area contributed by atoms with Crippen molar-refractivity contribution < 1.29 is 0 Å². The van der Waals surface area contributed by atoms with Gasteiger partial charge >= 0.3 is 0 Å². The van der Waals surface area contributed by atoms with Gasteiger partial charge in [0.2, 0.25) is 0 Å². The standard InChI is InChI=1S/C14H21N3S2/c1-9(15-4)13-10(2)16-14(19-13)17(5)11(3)12-7-6-8-18-12/h6-9,11,15H,1-5H3. The van der Waals surface area contributed by atoms with Gasteiger partial charge in [-0.2, -0.15) is 0 Å². The first-order valence-electron chi connectivity index (χ1n) is 6.45. The Hall–Kier alpha value is -0.910. The minimum Gasteiger partial charge on any atom is -0.344 e. The first-order valence-corrected chi connectivity index (χ1v) is 8.15. The lowest BCUT2D eigenvalue weighted by Crippen LogP contribution is -2.20. The number of nitrogens with one attached hydrogen (secondary N) is 1. The highest BCUT2D eigenvalue weighted by molar-refractivity contribution is 7.15. The molecule has 2 unspecified atom stereocenters. The van der Waals surface area contributed by atoms with E-state index in [-0.39, 0.29) is 0 Å². The first-order chi connectivity index (χ1) is 9.04. The van der Waals surface area contributed by atoms with Crippen molar-refractivity contribution in [1.29, 1.82) is 0 Å². The van der Waals surface area contributed by atoms with Crippen LogP contribution in [0.15, 0.2) is 17.5 Å². The molecule has 0 saturated heterocycles. The van der Waals surface area contributed by atoms with Crippen LogP contribution in [-0.4, -0.2) is 19.1 Å². The van der Waals surface area contributed by atoms with Crippen LogP contribution in [0, 0.1) is 6.92 Å². The van der Waals surface area contributed by atoms with Crippen LogP contribution in [-0.2, 0) is 0 Å². The Kier molecular flexibility index (Phi) is 4.60. The summed E-state index contributed by atoms with van der Waals surface area (Å²) in [6.45, 7) is 6.49. The Morgan fingerprint density at radius 2 is 2.11 bits per heavy atom. The van der Waals surface area contributed by atoms with Crippen molar-refractivity contribution in [2.45, 2.75) is 32.9 Å². The molecule has 2 aromatic rings. The molecule has 19 heavy (non-hydrogen) atoms. The molecule has 3 nitrogen and oxygen atoms in total. The van der Waals surface area contributed by atoms with E-state index in [0.717, 1.165) is 10.8 Å². The third-order valence-corrected chi connectivity index (χ3v) is 5.96. The van der Waals surface area contributed by atoms with Gasteiger partial charge in [-0.05, 0) is 39.3 Å². The van der Waals surface area contributed by atoms with Crippen molar-refractivity contribution in [2.75, 3.05) is 19.0 Å². The summed E-state index contributed by atoms with van der Waals surface area (Å²) in [4.78, 5) is 9.67. The summed E-state index contributed by atoms with van der Waals surface area (Å²) in [7, 11) is 4.11. The molecule has 2 heterocycles. The van der Waals surface area contributed by atoms with E-state index in [9.17, 15) is 0 Å². The second-order valence-electron chi connectivity index (χ2n) is 4.76. The van der Waals surface area contributed by atoms with E-state index in [1.54, 1.807) is 22.7 Å². The smallest absolute Gasteiger partial charge is 0.186 e. The molecule has 0 amide bonds. The quantitative estimate of drug-likeness (QED) is 0.904. The van der Waals surface area contributed by atoms with Crippen molar-refractivity contribution >= 4 is 27.8 Å². The van der Waals surface area contributed by atoms with Crippen molar-refractivity contribution in [1.82, 2.24) is 10.3 Å². The Labute approximate surface area is 123 Å². The van der Waals surface area contributed by atoms with E-state index in [4.69, 9.17) is 4.98 Å². The summed E-state index contributed by atoms with van der Waals surface area (Å²) in [5.74, 6) is 0. The van der Waals surface area contributed by atoms with Crippen LogP contribution in [0.1, 0.15) is 41.4 Å². The van der Waals surface area contributed by atoms with Crippen molar-refractivity contribution in [3.8, 4) is 0 Å². The molecular formula is C14H21N3S2. The maximum Gasteiger partial charge on any atom is 0.186 e. The molecular weight excluding hydrogens is 274 g/mol. The number of rotatable bonds is 5. The van der Waals surface area contributed by atoms with Gasteiger partial charge in [-0.1, -0.05) is 6.07 Å². The third kappa shape index (κ3) is 2.99. The molecule has 0 aliphatic carbocycles. The molecule has 0 fully saturated rings. The molecule has 0 bridgehead atoms. The van der Waals surface area contributed by atoms with Crippen LogP contribution < -0.4 is 10.2 Å². The first kappa shape index (κ1) is 14.5. The molecule has 0 aromatic carbocycles. The summed E-state index contributed by atoms with van der Waals surface area (Å²) in [5, 5.41) is 6.50. The zero-order chi connectivity index (χ0) is 14.0. The number of thiophene rings is 1. The number of thiazole rings is 1. The fourth-order valence-electron chi connectivity index (χ4n) is 1.96. The van der Waals surface area contributed by atoms with E-state index in [2.05, 4.69) is 55.5 Å². The van der Waals surface area contributed by atoms with E-state index in [1.807, 2.05) is 7.05 Å². The average Bonchev–Trinajstić information content (AvgIpc) is 3.05. The van der Waals surface area contributed by atoms with Crippen LogP contribution >= 0.6 is 22.7 Å². The Morgan fingerprint density at radius 3 is 2.68 bits per heavy atom. The molecule has 0 spiro atoms. The third-order valence-electron chi connectivity index (χ3n) is 3.49. The molecule has 2 aromatic heterocycles. The lowest BCUT2D eigenvalue weighted by atomic mass is 10.2. The van der Waals surface area contributed by atoms with Crippen molar-refractivity contribution in [3.05, 3.63) is 33.0 Å². The molecule has 0 saturated carbocycles. The molecule has 0 radical (unpaired) electrons. The lowest BCUT2D eigenvalue weighted by molar-refractivity contribution is 0.658. The number of hydrogen-bond donors (Lipinski definition) is 1. The normalized spacial score (nSPS) is 14.4. The number of nitrogens with zero attached hydrogens (tertiary/aromatic N) is 2. The van der Waals surface area contributed by atoms with Gasteiger partial charge in [0.1, 0.15) is 0 Å². The maximum atomic E-state index is 4.72. The van der Waals surface area contributed by atoms with Gasteiger partial charge in [-0.3, -0.25) is 0 Å². The van der Waals surface area contributed by atoms with Gasteiger partial charge in [-0.25, -0.2) is 4.98 Å². The topological polar surface area (TPSA) is 28.2 Å². The highest BCUT2D eigenvalue weighted by Crippen LogP contribution is 2.34. The number of anilines is 1. The van der Waals surface area contributed by atoms with Gasteiger partial charge in [0.15, 0.2) is 5.13 Å². The van der Waals surface area contributed by atoms with Gasteiger partial charge in [0, 0.05) is 22.8 Å². The van der Waals surface area contributed by atoms with Crippen molar-refractivity contribution in [3.63, 3.8) is 0 Å². The second-order valence-corrected chi connectivity index (χ2v) is 6.75. The van der Waals surface area contributed by atoms with Gasteiger partial charge in [-0.15, -0.1) is 22.7 Å². The highest BCUT2D eigenvalue weighted by Gasteiger charge is 2.19. The molecule has 2 rings (SSSR count). The second kappa shape index (κ2) is 6.03. The van der Waals surface area contributed by atoms with E-state index >= 15 is 0 Å². The van der Waals surface area contributed by atoms with Crippen LogP contribution in [0.2, 0.25) is 0 Å². The average molecular weight is 295 g/mol. The summed E-state index contributed by atoms with van der Waals surface area (Å²) < 4.78 is 0. The van der Waals surface area contributed by atoms with Crippen LogP contribution in [0.5, 0.6) is 0 Å². The maximum absolute atomic E-state index is 4.72. The van der Waals surface area contributed by atoms with Crippen LogP contribution in [0.4, 0.5) is 5.13 Å². The van der Waals surface area contributed by atoms with Gasteiger partial charge in [0.25, 0.3) is 0 Å². The number of hydrogen-bond acceptors (Lipinski definition) is 5. The SMILES string of the molecule is CNC(C)c1sc(N(C)C(C)c2cccs2)nc1C. The van der Waals surface area contributed by atoms with E-state index < -0.39 is 0 Å². The van der Waals surface area contributed by atoms with Gasteiger partial charge in [0.05, 0.1) is 11.7 Å². The summed E-state index contributed by atoms with van der Waals surface area (Å²) in [5.41, 5.74) is 1.13. The molecule has 1 N–H and O–H groups in total. The summed E-state index contributed by atoms with van der Waals surface area (Å²) in [6.07, 6.45) is 0. The predicted molar refractivity (Wildman–Crippen MR) is 85.5 cm³/mol. The number of aryl methyl sites for hydroxylation is 1. The monoisotopic (exact) mass is 295 g/mol. The van der Waals surface area contributed by atoms with E-state index in [0.29, 0.717) is 12.1 Å². The Balaban J connectivity index is 2.22. The van der Waals surface area contributed by atoms with Crippen molar-refractivity contribution in [2.24, 2.45) is 0 Å². The summed E-state index contributed by atoms with van der Waals surface area (Å²) in [6, 6.07) is 5.01. The Bertz CT molecular complexity index is 519. The van der Waals surface area contributed by atoms with Crippen LogP contribution in [0.25, 0.3) is 0 Å². The fourth-order valence-corrected chi connectivity index (χ4v) is 3.96. The predicted octanol–water partition coefficient (Wildman–Crippen LogP) is 3.99. The molecule has 104 valence electrons. The molecule has 5 heteroatoms. The minimum atomic E-state index is 0.358. The zero-order valence-corrected chi connectivity index (χ0v) is 13.7. The van der Waals surface area contributed by atoms with Crippen LogP contribution in [0.3, 0.4) is 0 Å².